The Labute approximate surface area is 88.7 Å². The van der Waals surface area contributed by atoms with Gasteiger partial charge in [-0.2, -0.15) is 0 Å². The Hall–Kier alpha value is -0.0400. The maximum atomic E-state index is 3.69. The Bertz CT molecular complexity index is 186. The zero-order chi connectivity index (χ0) is 10.0. The van der Waals surface area contributed by atoms with E-state index in [1.165, 1.54) is 51.5 Å². The molecule has 0 amide bonds. The molecule has 0 aromatic heterocycles. The molecular weight excluding hydrogens is 170 g/mol. The van der Waals surface area contributed by atoms with Gasteiger partial charge in [-0.1, -0.05) is 20.3 Å². The van der Waals surface area contributed by atoms with Crippen molar-refractivity contribution >= 4 is 0 Å². The Morgan fingerprint density at radius 2 is 2.07 bits per heavy atom. The smallest absolute Gasteiger partial charge is 0.00725 e. The number of nitrogens with one attached hydrogen (secondary N) is 1. The fourth-order valence-corrected chi connectivity index (χ4v) is 3.27. The first-order valence-electron chi connectivity index (χ1n) is 6.48. The second kappa shape index (κ2) is 4.22. The normalized spacial score (nSPS) is 38.6. The summed E-state index contributed by atoms with van der Waals surface area (Å²) < 4.78 is 0. The molecule has 82 valence electrons. The third-order valence-corrected chi connectivity index (χ3v) is 4.55. The summed E-state index contributed by atoms with van der Waals surface area (Å²) in [7, 11) is 0. The molecule has 2 aliphatic rings. The molecule has 2 aliphatic carbocycles. The molecule has 1 N–H and O–H groups in total. The first kappa shape index (κ1) is 10.5. The lowest BCUT2D eigenvalue weighted by molar-refractivity contribution is 0.105. The second-order valence-electron chi connectivity index (χ2n) is 5.68. The molecule has 0 radical (unpaired) electrons. The number of hydrogen-bond donors (Lipinski definition) is 1. The monoisotopic (exact) mass is 195 g/mol. The van der Waals surface area contributed by atoms with Crippen LogP contribution in [0.3, 0.4) is 0 Å². The summed E-state index contributed by atoms with van der Waals surface area (Å²) in [5, 5.41) is 3.69. The van der Waals surface area contributed by atoms with Gasteiger partial charge in [0.2, 0.25) is 0 Å². The summed E-state index contributed by atoms with van der Waals surface area (Å²) in [6.07, 6.45) is 10.1. The maximum Gasteiger partial charge on any atom is 0.00725 e. The van der Waals surface area contributed by atoms with Crippen LogP contribution < -0.4 is 5.32 Å². The van der Waals surface area contributed by atoms with E-state index in [-0.39, 0.29) is 0 Å². The first-order chi connectivity index (χ1) is 6.74. The SMILES string of the molecule is CCCNC1CCC(C)(C2CCC2)C1. The van der Waals surface area contributed by atoms with Crippen LogP contribution in [0.2, 0.25) is 0 Å². The van der Waals surface area contributed by atoms with Crippen molar-refractivity contribution in [3.63, 3.8) is 0 Å². The third-order valence-electron chi connectivity index (χ3n) is 4.55. The van der Waals surface area contributed by atoms with Crippen LogP contribution in [0, 0.1) is 11.3 Å². The molecule has 1 nitrogen and oxygen atoms in total. The van der Waals surface area contributed by atoms with Crippen LogP contribution in [0.4, 0.5) is 0 Å². The zero-order valence-corrected chi connectivity index (χ0v) is 9.81. The van der Waals surface area contributed by atoms with Crippen LogP contribution >= 0.6 is 0 Å². The van der Waals surface area contributed by atoms with Crippen molar-refractivity contribution < 1.29 is 0 Å². The minimum atomic E-state index is 0.698. The Kier molecular flexibility index (Phi) is 3.16. The van der Waals surface area contributed by atoms with E-state index < -0.39 is 0 Å². The Balaban J connectivity index is 1.80. The van der Waals surface area contributed by atoms with E-state index in [1.807, 2.05) is 0 Å². The molecule has 2 fully saturated rings. The third kappa shape index (κ3) is 1.98. The lowest BCUT2D eigenvalue weighted by Gasteiger charge is -2.40. The Morgan fingerprint density at radius 1 is 1.29 bits per heavy atom. The zero-order valence-electron chi connectivity index (χ0n) is 9.81. The average molecular weight is 195 g/mol. The van der Waals surface area contributed by atoms with Gasteiger partial charge in [0.05, 0.1) is 0 Å². The van der Waals surface area contributed by atoms with Crippen LogP contribution in [-0.4, -0.2) is 12.6 Å². The quantitative estimate of drug-likeness (QED) is 0.725. The maximum absolute atomic E-state index is 3.69. The molecule has 2 atom stereocenters. The van der Waals surface area contributed by atoms with Gasteiger partial charge in [-0.25, -0.2) is 0 Å². The Morgan fingerprint density at radius 3 is 2.64 bits per heavy atom. The molecule has 2 rings (SSSR count). The topological polar surface area (TPSA) is 12.0 Å². The van der Waals surface area contributed by atoms with Crippen molar-refractivity contribution in [2.24, 2.45) is 11.3 Å². The van der Waals surface area contributed by atoms with E-state index in [2.05, 4.69) is 19.2 Å². The van der Waals surface area contributed by atoms with E-state index in [0.29, 0.717) is 5.41 Å². The van der Waals surface area contributed by atoms with Crippen LogP contribution in [0.15, 0.2) is 0 Å². The van der Waals surface area contributed by atoms with Crippen molar-refractivity contribution in [1.29, 1.82) is 0 Å². The van der Waals surface area contributed by atoms with Crippen LogP contribution in [0.25, 0.3) is 0 Å². The van der Waals surface area contributed by atoms with Gasteiger partial charge in [0.25, 0.3) is 0 Å². The van der Waals surface area contributed by atoms with Crippen molar-refractivity contribution in [3.8, 4) is 0 Å². The molecule has 1 heteroatoms. The molecule has 14 heavy (non-hydrogen) atoms. The van der Waals surface area contributed by atoms with Crippen molar-refractivity contribution in [3.05, 3.63) is 0 Å². The lowest BCUT2D eigenvalue weighted by atomic mass is 9.65. The number of rotatable bonds is 4. The molecule has 0 bridgehead atoms. The van der Waals surface area contributed by atoms with Gasteiger partial charge in [0.15, 0.2) is 0 Å². The first-order valence-corrected chi connectivity index (χ1v) is 6.48. The summed E-state index contributed by atoms with van der Waals surface area (Å²) in [6, 6.07) is 0.834. The standard InChI is InChI=1S/C13H25N/c1-3-9-14-12-7-8-13(2,10-12)11-5-4-6-11/h11-12,14H,3-10H2,1-2H3. The summed E-state index contributed by atoms with van der Waals surface area (Å²) in [5.74, 6) is 1.07. The fourth-order valence-electron chi connectivity index (χ4n) is 3.27. The van der Waals surface area contributed by atoms with E-state index >= 15 is 0 Å². The molecule has 2 unspecified atom stereocenters. The van der Waals surface area contributed by atoms with Crippen LogP contribution in [0.5, 0.6) is 0 Å². The minimum Gasteiger partial charge on any atom is -0.314 e. The van der Waals surface area contributed by atoms with E-state index in [4.69, 9.17) is 0 Å². The van der Waals surface area contributed by atoms with Gasteiger partial charge in [0.1, 0.15) is 0 Å². The minimum absolute atomic E-state index is 0.698. The molecule has 0 aromatic rings. The van der Waals surface area contributed by atoms with Crippen molar-refractivity contribution in [2.45, 2.75) is 64.8 Å². The van der Waals surface area contributed by atoms with Gasteiger partial charge in [-0.15, -0.1) is 0 Å². The van der Waals surface area contributed by atoms with Crippen LogP contribution in [0.1, 0.15) is 58.8 Å². The average Bonchev–Trinajstić information content (AvgIpc) is 2.41. The van der Waals surface area contributed by atoms with Gasteiger partial charge in [-0.05, 0) is 56.4 Å². The van der Waals surface area contributed by atoms with Gasteiger partial charge in [0, 0.05) is 6.04 Å². The molecule has 0 heterocycles. The van der Waals surface area contributed by atoms with E-state index in [0.717, 1.165) is 12.0 Å². The van der Waals surface area contributed by atoms with Crippen molar-refractivity contribution in [1.82, 2.24) is 5.32 Å². The highest BCUT2D eigenvalue weighted by Gasteiger charge is 2.42. The molecule has 0 aliphatic heterocycles. The highest BCUT2D eigenvalue weighted by molar-refractivity contribution is 4.96. The molecule has 0 spiro atoms. The largest absolute Gasteiger partial charge is 0.314 e. The second-order valence-corrected chi connectivity index (χ2v) is 5.68. The summed E-state index contributed by atoms with van der Waals surface area (Å²) in [6.45, 7) is 6.00. The lowest BCUT2D eigenvalue weighted by Crippen LogP contribution is -2.33. The molecule has 2 saturated carbocycles. The predicted molar refractivity (Wildman–Crippen MR) is 61.4 cm³/mol. The molecule has 0 aromatic carbocycles. The summed E-state index contributed by atoms with van der Waals surface area (Å²) >= 11 is 0. The number of hydrogen-bond acceptors (Lipinski definition) is 1. The van der Waals surface area contributed by atoms with Gasteiger partial charge < -0.3 is 5.32 Å². The predicted octanol–water partition coefficient (Wildman–Crippen LogP) is 3.34. The summed E-state index contributed by atoms with van der Waals surface area (Å²) in [4.78, 5) is 0. The van der Waals surface area contributed by atoms with Crippen molar-refractivity contribution in [2.75, 3.05) is 6.54 Å². The van der Waals surface area contributed by atoms with E-state index in [9.17, 15) is 0 Å². The highest BCUT2D eigenvalue weighted by Crippen LogP contribution is 2.51. The van der Waals surface area contributed by atoms with Crippen LogP contribution in [-0.2, 0) is 0 Å². The molecule has 0 saturated heterocycles. The molecular formula is C13H25N. The van der Waals surface area contributed by atoms with Gasteiger partial charge in [-0.3, -0.25) is 0 Å². The summed E-state index contributed by atoms with van der Waals surface area (Å²) in [5.41, 5.74) is 0.698. The van der Waals surface area contributed by atoms with E-state index in [1.54, 1.807) is 0 Å². The highest BCUT2D eigenvalue weighted by atomic mass is 14.9. The van der Waals surface area contributed by atoms with Gasteiger partial charge >= 0.3 is 0 Å². The fraction of sp³-hybridized carbons (Fsp3) is 1.00.